The molecule has 0 aromatic heterocycles. The number of para-hydroxylation sites is 2. The number of nitrogens with zero attached hydrogens (tertiary/aromatic N) is 1. The van der Waals surface area contributed by atoms with Gasteiger partial charge in [-0.15, -0.1) is 0 Å². The van der Waals surface area contributed by atoms with Crippen LogP contribution in [0.25, 0.3) is 0 Å². The van der Waals surface area contributed by atoms with Crippen LogP contribution in [-0.4, -0.2) is 42.4 Å². The van der Waals surface area contributed by atoms with E-state index in [1.54, 1.807) is 30.0 Å². The normalized spacial score (nSPS) is 18.1. The molecule has 2 atom stereocenters. The van der Waals surface area contributed by atoms with Crippen molar-refractivity contribution in [2.45, 2.75) is 37.8 Å². The molecule has 0 saturated carbocycles. The lowest BCUT2D eigenvalue weighted by atomic mass is 9.87. The zero-order chi connectivity index (χ0) is 22.5. The van der Waals surface area contributed by atoms with Crippen molar-refractivity contribution in [3.8, 4) is 0 Å². The Morgan fingerprint density at radius 2 is 1.97 bits per heavy atom. The summed E-state index contributed by atoms with van der Waals surface area (Å²) in [6.45, 7) is -0.0876. The van der Waals surface area contributed by atoms with Crippen molar-refractivity contribution in [2.24, 2.45) is 0 Å². The van der Waals surface area contributed by atoms with Gasteiger partial charge in [0.25, 0.3) is 0 Å². The van der Waals surface area contributed by atoms with Crippen molar-refractivity contribution in [1.29, 1.82) is 0 Å². The first-order chi connectivity index (χ1) is 15.6. The number of nitrogens with one attached hydrogen (secondary N) is 3. The number of thioether (sulfide) groups is 1. The fourth-order valence-electron chi connectivity index (χ4n) is 4.32. The zero-order valence-electron chi connectivity index (χ0n) is 18.1. The molecule has 2 aromatic rings. The zero-order valence-corrected chi connectivity index (χ0v) is 18.9. The highest BCUT2D eigenvalue weighted by atomic mass is 32.2. The molecule has 0 bridgehead atoms. The van der Waals surface area contributed by atoms with E-state index in [4.69, 9.17) is 0 Å². The molecular formula is C24H28N4O3S. The van der Waals surface area contributed by atoms with Crippen LogP contribution in [0.15, 0.2) is 48.5 Å². The Morgan fingerprint density at radius 1 is 1.19 bits per heavy atom. The number of hydrogen-bond acceptors (Lipinski definition) is 4. The summed E-state index contributed by atoms with van der Waals surface area (Å²) in [5.41, 5.74) is 3.63. The maximum absolute atomic E-state index is 13.2. The van der Waals surface area contributed by atoms with Gasteiger partial charge in [-0.1, -0.05) is 36.4 Å². The first-order valence-corrected chi connectivity index (χ1v) is 12.3. The highest BCUT2D eigenvalue weighted by Gasteiger charge is 2.31. The van der Waals surface area contributed by atoms with Crippen molar-refractivity contribution >= 4 is 41.0 Å². The third-order valence-electron chi connectivity index (χ3n) is 5.93. The van der Waals surface area contributed by atoms with E-state index in [1.807, 2.05) is 24.5 Å². The number of hydrogen-bond donors (Lipinski definition) is 3. The van der Waals surface area contributed by atoms with Gasteiger partial charge in [-0.05, 0) is 61.0 Å². The predicted octanol–water partition coefficient (Wildman–Crippen LogP) is 3.47. The summed E-state index contributed by atoms with van der Waals surface area (Å²) >= 11 is 1.62. The standard InChI is InChI=1S/C24H28N4O3S/c1-32-14-13-20(23(30)26-18-11-6-8-16-7-2-3-9-17(16)18)27-24(31)28-15-22(29)25-19-10-4-5-12-21(19)28/h2-5,7,9-10,12,18,20H,6,8,11,13-15H2,1H3,(H,25,29)(H,26,30)(H,27,31). The fourth-order valence-corrected chi connectivity index (χ4v) is 4.79. The molecule has 1 aliphatic heterocycles. The minimum absolute atomic E-state index is 0.0531. The Kier molecular flexibility index (Phi) is 6.99. The van der Waals surface area contributed by atoms with E-state index in [0.717, 1.165) is 30.6 Å². The predicted molar refractivity (Wildman–Crippen MR) is 128 cm³/mol. The van der Waals surface area contributed by atoms with E-state index < -0.39 is 12.1 Å². The number of fused-ring (bicyclic) bond motifs is 2. The van der Waals surface area contributed by atoms with Gasteiger partial charge >= 0.3 is 6.03 Å². The van der Waals surface area contributed by atoms with E-state index >= 15 is 0 Å². The lowest BCUT2D eigenvalue weighted by molar-refractivity contribution is -0.123. The van der Waals surface area contributed by atoms with Crippen LogP contribution >= 0.6 is 11.8 Å². The van der Waals surface area contributed by atoms with Crippen molar-refractivity contribution in [3.05, 3.63) is 59.7 Å². The Bertz CT molecular complexity index is 1010. The van der Waals surface area contributed by atoms with E-state index in [0.29, 0.717) is 17.8 Å². The lowest BCUT2D eigenvalue weighted by Crippen LogP contribution is -2.54. The maximum atomic E-state index is 13.2. The van der Waals surface area contributed by atoms with E-state index in [1.165, 1.54) is 10.5 Å². The van der Waals surface area contributed by atoms with Gasteiger partial charge in [0.15, 0.2) is 0 Å². The number of anilines is 2. The number of benzene rings is 2. The van der Waals surface area contributed by atoms with Crippen LogP contribution in [0, 0.1) is 0 Å². The Hall–Kier alpha value is -3.00. The largest absolute Gasteiger partial charge is 0.348 e. The Morgan fingerprint density at radius 3 is 2.81 bits per heavy atom. The quantitative estimate of drug-likeness (QED) is 0.626. The Labute approximate surface area is 192 Å². The highest BCUT2D eigenvalue weighted by Crippen LogP contribution is 2.30. The molecule has 8 heteroatoms. The summed E-state index contributed by atoms with van der Waals surface area (Å²) in [4.78, 5) is 39.8. The number of amides is 4. The van der Waals surface area contributed by atoms with E-state index in [2.05, 4.69) is 28.1 Å². The van der Waals surface area contributed by atoms with Crippen LogP contribution in [0.3, 0.4) is 0 Å². The molecule has 0 fully saturated rings. The average Bonchev–Trinajstić information content (AvgIpc) is 2.81. The summed E-state index contributed by atoms with van der Waals surface area (Å²) in [6.07, 6.45) is 5.40. The van der Waals surface area contributed by atoms with Gasteiger partial charge in [-0.25, -0.2) is 4.79 Å². The topological polar surface area (TPSA) is 90.5 Å². The number of urea groups is 1. The number of carbonyl (C=O) groups is 3. The molecule has 1 aliphatic carbocycles. The van der Waals surface area contributed by atoms with Gasteiger partial charge in [-0.3, -0.25) is 14.5 Å². The molecule has 4 rings (SSSR count). The Balaban J connectivity index is 1.49. The molecule has 32 heavy (non-hydrogen) atoms. The van der Waals surface area contributed by atoms with Crippen LogP contribution in [0.5, 0.6) is 0 Å². The molecule has 3 N–H and O–H groups in total. The number of rotatable bonds is 6. The molecule has 2 aliphatic rings. The monoisotopic (exact) mass is 452 g/mol. The van der Waals surface area contributed by atoms with Crippen LogP contribution < -0.4 is 20.9 Å². The summed E-state index contributed by atoms with van der Waals surface area (Å²) in [6, 6.07) is 14.2. The molecule has 0 spiro atoms. The smallest absolute Gasteiger partial charge is 0.323 e. The van der Waals surface area contributed by atoms with Gasteiger partial charge in [0, 0.05) is 0 Å². The molecule has 2 unspecified atom stereocenters. The number of aryl methyl sites for hydroxylation is 1. The second-order valence-electron chi connectivity index (χ2n) is 8.09. The van der Waals surface area contributed by atoms with Crippen LogP contribution in [-0.2, 0) is 16.0 Å². The first-order valence-electron chi connectivity index (χ1n) is 10.9. The molecule has 0 radical (unpaired) electrons. The molecule has 7 nitrogen and oxygen atoms in total. The summed E-state index contributed by atoms with van der Waals surface area (Å²) in [5, 5.41) is 8.81. The van der Waals surface area contributed by atoms with Crippen LogP contribution in [0.2, 0.25) is 0 Å². The van der Waals surface area contributed by atoms with Gasteiger partial charge in [0.2, 0.25) is 11.8 Å². The van der Waals surface area contributed by atoms with Crippen molar-refractivity contribution < 1.29 is 14.4 Å². The average molecular weight is 453 g/mol. The highest BCUT2D eigenvalue weighted by molar-refractivity contribution is 7.98. The van der Waals surface area contributed by atoms with Crippen molar-refractivity contribution in [3.63, 3.8) is 0 Å². The van der Waals surface area contributed by atoms with Gasteiger partial charge in [0.05, 0.1) is 17.4 Å². The van der Waals surface area contributed by atoms with Gasteiger partial charge in [0.1, 0.15) is 12.6 Å². The van der Waals surface area contributed by atoms with Gasteiger partial charge < -0.3 is 16.0 Å². The minimum atomic E-state index is -0.679. The molecule has 1 heterocycles. The van der Waals surface area contributed by atoms with E-state index in [9.17, 15) is 14.4 Å². The molecule has 4 amide bonds. The summed E-state index contributed by atoms with van der Waals surface area (Å²) in [7, 11) is 0. The molecule has 168 valence electrons. The van der Waals surface area contributed by atoms with Crippen LogP contribution in [0.1, 0.15) is 36.4 Å². The van der Waals surface area contributed by atoms with Crippen molar-refractivity contribution in [1.82, 2.24) is 10.6 Å². The second-order valence-corrected chi connectivity index (χ2v) is 9.07. The van der Waals surface area contributed by atoms with Crippen molar-refractivity contribution in [2.75, 3.05) is 28.8 Å². The number of carbonyl (C=O) groups excluding carboxylic acids is 3. The fraction of sp³-hybridized carbons (Fsp3) is 0.375. The third kappa shape index (κ3) is 4.91. The molecular weight excluding hydrogens is 424 g/mol. The van der Waals surface area contributed by atoms with Gasteiger partial charge in [-0.2, -0.15) is 11.8 Å². The first kappa shape index (κ1) is 22.2. The minimum Gasteiger partial charge on any atom is -0.348 e. The molecule has 2 aromatic carbocycles. The van der Waals surface area contributed by atoms with E-state index in [-0.39, 0.29) is 24.4 Å². The second kappa shape index (κ2) is 10.1. The lowest BCUT2D eigenvalue weighted by Gasteiger charge is -2.32. The summed E-state index contributed by atoms with van der Waals surface area (Å²) in [5.74, 6) is 0.281. The molecule has 0 saturated heterocycles. The SMILES string of the molecule is CSCCC(NC(=O)N1CC(=O)Nc2ccccc21)C(=O)NC1CCCc2ccccc21. The third-order valence-corrected chi connectivity index (χ3v) is 6.57. The maximum Gasteiger partial charge on any atom is 0.323 e. The summed E-state index contributed by atoms with van der Waals surface area (Å²) < 4.78 is 0. The van der Waals surface area contributed by atoms with Crippen LogP contribution in [0.4, 0.5) is 16.2 Å².